The SMILES string of the molecule is CN=C(NCCCOCC1CCOCC1)N1CC(C)CC(C)C1.I. The summed E-state index contributed by atoms with van der Waals surface area (Å²) in [7, 11) is 1.88. The molecule has 0 saturated carbocycles. The van der Waals surface area contributed by atoms with Crippen LogP contribution in [0.25, 0.3) is 0 Å². The van der Waals surface area contributed by atoms with Gasteiger partial charge < -0.3 is 19.7 Å². The average Bonchev–Trinajstić information content (AvgIpc) is 2.54. The lowest BCUT2D eigenvalue weighted by Crippen LogP contribution is -2.48. The Balaban J connectivity index is 0.00000288. The minimum absolute atomic E-state index is 0. The fourth-order valence-corrected chi connectivity index (χ4v) is 3.71. The van der Waals surface area contributed by atoms with Crippen LogP contribution in [-0.4, -0.2) is 64.0 Å². The number of nitrogens with one attached hydrogen (secondary N) is 1. The van der Waals surface area contributed by atoms with Gasteiger partial charge in [0.05, 0.1) is 0 Å². The van der Waals surface area contributed by atoms with Crippen molar-refractivity contribution >= 4 is 29.9 Å². The van der Waals surface area contributed by atoms with E-state index in [2.05, 4.69) is 29.1 Å². The molecule has 2 fully saturated rings. The topological polar surface area (TPSA) is 46.1 Å². The van der Waals surface area contributed by atoms with Crippen LogP contribution in [0.5, 0.6) is 0 Å². The Hall–Kier alpha value is -0.0800. The van der Waals surface area contributed by atoms with Gasteiger partial charge in [-0.15, -0.1) is 24.0 Å². The van der Waals surface area contributed by atoms with Crippen molar-refractivity contribution in [2.45, 2.75) is 39.5 Å². The lowest BCUT2D eigenvalue weighted by molar-refractivity contribution is 0.0203. The highest BCUT2D eigenvalue weighted by Gasteiger charge is 2.23. The first-order chi connectivity index (χ1) is 11.2. The van der Waals surface area contributed by atoms with E-state index in [4.69, 9.17) is 9.47 Å². The molecule has 2 heterocycles. The molecule has 0 bridgehead atoms. The van der Waals surface area contributed by atoms with E-state index in [1.807, 2.05) is 7.05 Å². The number of aliphatic imine (C=N–C) groups is 1. The van der Waals surface area contributed by atoms with Gasteiger partial charge in [0.2, 0.25) is 0 Å². The van der Waals surface area contributed by atoms with Crippen LogP contribution in [0.3, 0.4) is 0 Å². The van der Waals surface area contributed by atoms with Gasteiger partial charge in [0.25, 0.3) is 0 Å². The Bertz CT molecular complexity index is 352. The summed E-state index contributed by atoms with van der Waals surface area (Å²) >= 11 is 0. The molecule has 2 unspecified atom stereocenters. The minimum Gasteiger partial charge on any atom is -0.381 e. The Labute approximate surface area is 165 Å². The van der Waals surface area contributed by atoms with Crippen molar-refractivity contribution in [3.63, 3.8) is 0 Å². The summed E-state index contributed by atoms with van der Waals surface area (Å²) in [6, 6.07) is 0. The number of ether oxygens (including phenoxy) is 2. The summed E-state index contributed by atoms with van der Waals surface area (Å²) < 4.78 is 11.2. The monoisotopic (exact) mass is 453 g/mol. The highest BCUT2D eigenvalue weighted by atomic mass is 127. The molecule has 6 heteroatoms. The van der Waals surface area contributed by atoms with Crippen molar-refractivity contribution in [3.8, 4) is 0 Å². The molecule has 24 heavy (non-hydrogen) atoms. The van der Waals surface area contributed by atoms with Gasteiger partial charge in [-0.05, 0) is 43.4 Å². The van der Waals surface area contributed by atoms with Gasteiger partial charge in [-0.3, -0.25) is 4.99 Å². The summed E-state index contributed by atoms with van der Waals surface area (Å²) in [6.45, 7) is 11.3. The lowest BCUT2D eigenvalue weighted by atomic mass is 9.92. The number of halogens is 1. The smallest absolute Gasteiger partial charge is 0.193 e. The molecule has 1 N–H and O–H groups in total. The summed E-state index contributed by atoms with van der Waals surface area (Å²) in [6.07, 6.45) is 4.65. The van der Waals surface area contributed by atoms with Crippen LogP contribution in [0.2, 0.25) is 0 Å². The lowest BCUT2D eigenvalue weighted by Gasteiger charge is -2.37. The van der Waals surface area contributed by atoms with Crippen molar-refractivity contribution in [2.75, 3.05) is 53.1 Å². The van der Waals surface area contributed by atoms with Crippen LogP contribution in [0.1, 0.15) is 39.5 Å². The molecule has 0 aliphatic carbocycles. The van der Waals surface area contributed by atoms with Gasteiger partial charge in [0.15, 0.2) is 5.96 Å². The molecule has 2 atom stereocenters. The predicted molar refractivity (Wildman–Crippen MR) is 110 cm³/mol. The minimum atomic E-state index is 0. The summed E-state index contributed by atoms with van der Waals surface area (Å²) in [5, 5.41) is 3.49. The maximum atomic E-state index is 5.82. The van der Waals surface area contributed by atoms with E-state index in [1.54, 1.807) is 0 Å². The molecule has 5 nitrogen and oxygen atoms in total. The maximum Gasteiger partial charge on any atom is 0.193 e. The van der Waals surface area contributed by atoms with E-state index in [0.717, 1.165) is 83.1 Å². The van der Waals surface area contributed by atoms with Crippen LogP contribution >= 0.6 is 24.0 Å². The second-order valence-corrected chi connectivity index (χ2v) is 7.31. The number of piperidine rings is 1. The van der Waals surface area contributed by atoms with E-state index in [1.165, 1.54) is 6.42 Å². The second kappa shape index (κ2) is 12.3. The molecule has 0 radical (unpaired) electrons. The quantitative estimate of drug-likeness (QED) is 0.291. The number of hydrogen-bond acceptors (Lipinski definition) is 3. The van der Waals surface area contributed by atoms with Crippen LogP contribution in [0.4, 0.5) is 0 Å². The highest BCUT2D eigenvalue weighted by Crippen LogP contribution is 2.20. The van der Waals surface area contributed by atoms with Gasteiger partial charge in [-0.1, -0.05) is 13.8 Å². The van der Waals surface area contributed by atoms with Crippen LogP contribution in [-0.2, 0) is 9.47 Å². The number of hydrogen-bond donors (Lipinski definition) is 1. The maximum absolute atomic E-state index is 5.82. The third kappa shape index (κ3) is 7.87. The first-order valence-electron chi connectivity index (χ1n) is 9.30. The van der Waals surface area contributed by atoms with Gasteiger partial charge in [-0.2, -0.15) is 0 Å². The van der Waals surface area contributed by atoms with Crippen molar-refractivity contribution in [3.05, 3.63) is 0 Å². The molecule has 2 saturated heterocycles. The Morgan fingerprint density at radius 1 is 1.21 bits per heavy atom. The fourth-order valence-electron chi connectivity index (χ4n) is 3.71. The fraction of sp³-hybridized carbons (Fsp3) is 0.944. The third-order valence-corrected chi connectivity index (χ3v) is 4.82. The predicted octanol–water partition coefficient (Wildman–Crippen LogP) is 2.99. The standard InChI is InChI=1S/C18H35N3O2.HI/c1-15-11-16(2)13-21(12-15)18(19-3)20-7-4-8-23-14-17-5-9-22-10-6-17;/h15-17H,4-14H2,1-3H3,(H,19,20);1H. The van der Waals surface area contributed by atoms with Gasteiger partial charge in [0, 0.05) is 53.1 Å². The molecule has 0 aromatic carbocycles. The number of nitrogens with zero attached hydrogens (tertiary/aromatic N) is 2. The summed E-state index contributed by atoms with van der Waals surface area (Å²) in [5.74, 6) is 3.24. The van der Waals surface area contributed by atoms with Crippen LogP contribution < -0.4 is 5.32 Å². The molecule has 2 aliphatic rings. The zero-order chi connectivity index (χ0) is 16.5. The van der Waals surface area contributed by atoms with Crippen LogP contribution in [0.15, 0.2) is 4.99 Å². The summed E-state index contributed by atoms with van der Waals surface area (Å²) in [4.78, 5) is 6.85. The Morgan fingerprint density at radius 3 is 2.50 bits per heavy atom. The van der Waals surface area contributed by atoms with Crippen molar-refractivity contribution < 1.29 is 9.47 Å². The normalized spacial score (nSPS) is 26.1. The van der Waals surface area contributed by atoms with Gasteiger partial charge in [-0.25, -0.2) is 0 Å². The van der Waals surface area contributed by atoms with Crippen LogP contribution in [0, 0.1) is 17.8 Å². The molecule has 0 aromatic rings. The number of guanidine groups is 1. The van der Waals surface area contributed by atoms with E-state index in [9.17, 15) is 0 Å². The second-order valence-electron chi connectivity index (χ2n) is 7.31. The van der Waals surface area contributed by atoms with Crippen molar-refractivity contribution in [1.29, 1.82) is 0 Å². The van der Waals surface area contributed by atoms with Crippen molar-refractivity contribution in [2.24, 2.45) is 22.7 Å². The van der Waals surface area contributed by atoms with Gasteiger partial charge >= 0.3 is 0 Å². The molecule has 2 aliphatic heterocycles. The van der Waals surface area contributed by atoms with Crippen molar-refractivity contribution in [1.82, 2.24) is 10.2 Å². The molecular weight excluding hydrogens is 417 g/mol. The first kappa shape index (κ1) is 22.0. The Morgan fingerprint density at radius 2 is 1.88 bits per heavy atom. The number of rotatable bonds is 6. The highest BCUT2D eigenvalue weighted by molar-refractivity contribution is 14.0. The molecule has 142 valence electrons. The number of likely N-dealkylation sites (tertiary alicyclic amines) is 1. The average molecular weight is 453 g/mol. The molecular formula is C18H36IN3O2. The summed E-state index contributed by atoms with van der Waals surface area (Å²) in [5.41, 5.74) is 0. The third-order valence-electron chi connectivity index (χ3n) is 4.82. The van der Waals surface area contributed by atoms with E-state index >= 15 is 0 Å². The first-order valence-corrected chi connectivity index (χ1v) is 9.30. The molecule has 0 amide bonds. The zero-order valence-corrected chi connectivity index (χ0v) is 18.0. The van der Waals surface area contributed by atoms with E-state index < -0.39 is 0 Å². The molecule has 0 aromatic heterocycles. The zero-order valence-electron chi connectivity index (χ0n) is 15.6. The molecule has 0 spiro atoms. The van der Waals surface area contributed by atoms with Gasteiger partial charge in [0.1, 0.15) is 0 Å². The largest absolute Gasteiger partial charge is 0.381 e. The van der Waals surface area contributed by atoms with E-state index in [0.29, 0.717) is 5.92 Å². The molecule has 2 rings (SSSR count). The van der Waals surface area contributed by atoms with E-state index in [-0.39, 0.29) is 24.0 Å². The Kier molecular flexibility index (Phi) is 11.3.